The van der Waals surface area contributed by atoms with Crippen LogP contribution < -0.4 is 10.1 Å². The molecular weight excluding hydrogens is 390 g/mol. The summed E-state index contributed by atoms with van der Waals surface area (Å²) in [5.74, 6) is 0.759. The maximum absolute atomic E-state index is 13.0. The number of aromatic nitrogens is 1. The number of fused-ring (bicyclic) bond motifs is 2. The Labute approximate surface area is 174 Å². The van der Waals surface area contributed by atoms with E-state index >= 15 is 0 Å². The van der Waals surface area contributed by atoms with Gasteiger partial charge in [0.15, 0.2) is 6.10 Å². The standard InChI is InChI=1S/C22H22ClN3O3/c23-15-9-14-10-20(22(28)26-5-3-24-4-6-26)29-21(14)18(11-15)16-1-2-25-19-8-13(12-27)7-17(16)19/h1-2,7,9,11,20,24,27H,3-6,8,10,12H2. The van der Waals surface area contributed by atoms with Crippen LogP contribution in [0.25, 0.3) is 17.2 Å². The van der Waals surface area contributed by atoms with E-state index in [2.05, 4.69) is 10.3 Å². The van der Waals surface area contributed by atoms with Crippen LogP contribution in [-0.4, -0.2) is 59.8 Å². The second-order valence-electron chi connectivity index (χ2n) is 7.68. The van der Waals surface area contributed by atoms with Gasteiger partial charge in [-0.2, -0.15) is 0 Å². The summed E-state index contributed by atoms with van der Waals surface area (Å²) in [6.07, 6.45) is 4.42. The Hall–Kier alpha value is -2.41. The van der Waals surface area contributed by atoms with Gasteiger partial charge in [-0.25, -0.2) is 0 Å². The number of halogens is 1. The Morgan fingerprint density at radius 2 is 2.14 bits per heavy atom. The van der Waals surface area contributed by atoms with Crippen molar-refractivity contribution in [1.29, 1.82) is 0 Å². The third-order valence-electron chi connectivity index (χ3n) is 5.81. The van der Waals surface area contributed by atoms with Crippen molar-refractivity contribution in [2.24, 2.45) is 0 Å². The van der Waals surface area contributed by atoms with Gasteiger partial charge in [0.2, 0.25) is 0 Å². The topological polar surface area (TPSA) is 74.7 Å². The number of piperazine rings is 1. The van der Waals surface area contributed by atoms with Crippen molar-refractivity contribution in [2.75, 3.05) is 32.8 Å². The molecule has 1 atom stereocenters. The molecule has 29 heavy (non-hydrogen) atoms. The molecule has 2 N–H and O–H groups in total. The number of ether oxygens (including phenoxy) is 1. The third-order valence-corrected chi connectivity index (χ3v) is 6.03. The number of hydrogen-bond donors (Lipinski definition) is 2. The minimum Gasteiger partial charge on any atom is -0.479 e. The van der Waals surface area contributed by atoms with Crippen LogP contribution in [0.15, 0.2) is 30.0 Å². The van der Waals surface area contributed by atoms with Crippen molar-refractivity contribution in [3.63, 3.8) is 0 Å². The zero-order valence-corrected chi connectivity index (χ0v) is 16.7. The Morgan fingerprint density at radius 3 is 2.93 bits per heavy atom. The molecule has 3 heterocycles. The maximum Gasteiger partial charge on any atom is 0.264 e. The van der Waals surface area contributed by atoms with E-state index in [0.717, 1.165) is 52.4 Å². The fourth-order valence-electron chi connectivity index (χ4n) is 4.38. The maximum atomic E-state index is 13.0. The Morgan fingerprint density at radius 1 is 1.31 bits per heavy atom. The first-order valence-corrected chi connectivity index (χ1v) is 10.3. The number of rotatable bonds is 3. The lowest BCUT2D eigenvalue weighted by molar-refractivity contribution is -0.138. The summed E-state index contributed by atoms with van der Waals surface area (Å²) < 4.78 is 6.21. The lowest BCUT2D eigenvalue weighted by Crippen LogP contribution is -2.50. The number of aliphatic hydroxyl groups excluding tert-OH is 1. The number of pyridine rings is 1. The van der Waals surface area contributed by atoms with Crippen molar-refractivity contribution in [3.8, 4) is 16.9 Å². The molecule has 2 aliphatic heterocycles. The van der Waals surface area contributed by atoms with Crippen LogP contribution in [0.1, 0.15) is 16.8 Å². The molecule has 150 valence electrons. The van der Waals surface area contributed by atoms with E-state index in [1.165, 1.54) is 0 Å². The van der Waals surface area contributed by atoms with Gasteiger partial charge in [0.05, 0.1) is 12.3 Å². The molecular formula is C22H22ClN3O3. The number of aliphatic hydroxyl groups is 1. The first-order valence-electron chi connectivity index (χ1n) is 9.91. The molecule has 1 saturated heterocycles. The van der Waals surface area contributed by atoms with Crippen LogP contribution in [0, 0.1) is 0 Å². The molecule has 1 unspecified atom stereocenters. The molecule has 1 aromatic heterocycles. The summed E-state index contributed by atoms with van der Waals surface area (Å²) in [7, 11) is 0. The average Bonchev–Trinajstić information content (AvgIpc) is 3.36. The van der Waals surface area contributed by atoms with Gasteiger partial charge in [-0.05, 0) is 29.3 Å². The normalized spacial score (nSPS) is 20.1. The van der Waals surface area contributed by atoms with Gasteiger partial charge in [0.25, 0.3) is 5.91 Å². The Bertz CT molecular complexity index is 1010. The molecule has 1 amide bonds. The third kappa shape index (κ3) is 3.31. The number of hydrogen-bond acceptors (Lipinski definition) is 5. The SMILES string of the molecule is O=C(C1Cc2cc(Cl)cc(-c3ccnc4c3C=C(CO)C4)c2O1)N1CCNCC1. The smallest absolute Gasteiger partial charge is 0.264 e. The predicted molar refractivity (Wildman–Crippen MR) is 111 cm³/mol. The molecule has 1 fully saturated rings. The molecule has 0 saturated carbocycles. The lowest BCUT2D eigenvalue weighted by atomic mass is 9.97. The monoisotopic (exact) mass is 411 g/mol. The van der Waals surface area contributed by atoms with Crippen molar-refractivity contribution in [3.05, 3.63) is 51.8 Å². The van der Waals surface area contributed by atoms with E-state index in [9.17, 15) is 9.90 Å². The van der Waals surface area contributed by atoms with Crippen molar-refractivity contribution in [2.45, 2.75) is 18.9 Å². The number of carbonyl (C=O) groups is 1. The van der Waals surface area contributed by atoms with E-state index in [1.54, 1.807) is 6.20 Å². The number of nitrogens with one attached hydrogen (secondary N) is 1. The molecule has 0 spiro atoms. The summed E-state index contributed by atoms with van der Waals surface area (Å²) in [6.45, 7) is 3.04. The number of amides is 1. The molecule has 1 aliphatic carbocycles. The fraction of sp³-hybridized carbons (Fsp3) is 0.364. The van der Waals surface area contributed by atoms with Crippen LogP contribution in [0.4, 0.5) is 0 Å². The first-order chi connectivity index (χ1) is 14.1. The Kier molecular flexibility index (Phi) is 4.78. The molecule has 0 bridgehead atoms. The van der Waals surface area contributed by atoms with E-state index in [1.807, 2.05) is 29.2 Å². The molecule has 5 rings (SSSR count). The number of carbonyl (C=O) groups excluding carboxylic acids is 1. The molecule has 6 nitrogen and oxygen atoms in total. The second kappa shape index (κ2) is 7.44. The molecule has 2 aromatic rings. The minimum atomic E-state index is -0.515. The quantitative estimate of drug-likeness (QED) is 0.808. The van der Waals surface area contributed by atoms with E-state index in [0.29, 0.717) is 31.0 Å². The highest BCUT2D eigenvalue weighted by molar-refractivity contribution is 6.31. The van der Waals surface area contributed by atoms with Gasteiger partial charge < -0.3 is 20.1 Å². The van der Waals surface area contributed by atoms with Gasteiger partial charge in [-0.3, -0.25) is 9.78 Å². The van der Waals surface area contributed by atoms with Crippen molar-refractivity contribution >= 4 is 23.6 Å². The summed E-state index contributed by atoms with van der Waals surface area (Å²) in [6, 6.07) is 5.72. The highest BCUT2D eigenvalue weighted by Gasteiger charge is 2.35. The van der Waals surface area contributed by atoms with E-state index in [-0.39, 0.29) is 12.5 Å². The number of benzene rings is 1. The van der Waals surface area contributed by atoms with E-state index in [4.69, 9.17) is 16.3 Å². The summed E-state index contributed by atoms with van der Waals surface area (Å²) in [5, 5.41) is 13.4. The summed E-state index contributed by atoms with van der Waals surface area (Å²) in [5.41, 5.74) is 5.65. The molecule has 3 aliphatic rings. The Balaban J connectivity index is 1.51. The number of nitrogens with zero attached hydrogens (tertiary/aromatic N) is 2. The predicted octanol–water partition coefficient (Wildman–Crippen LogP) is 2.07. The summed E-state index contributed by atoms with van der Waals surface area (Å²) in [4.78, 5) is 19.3. The fourth-order valence-corrected chi connectivity index (χ4v) is 4.62. The van der Waals surface area contributed by atoms with Crippen LogP contribution >= 0.6 is 11.6 Å². The first kappa shape index (κ1) is 18.6. The highest BCUT2D eigenvalue weighted by atomic mass is 35.5. The van der Waals surface area contributed by atoms with Gasteiger partial charge in [-0.15, -0.1) is 0 Å². The van der Waals surface area contributed by atoms with Crippen molar-refractivity contribution in [1.82, 2.24) is 15.2 Å². The van der Waals surface area contributed by atoms with Gasteiger partial charge in [0, 0.05) is 66.9 Å². The second-order valence-corrected chi connectivity index (χ2v) is 8.12. The van der Waals surface area contributed by atoms with Crippen LogP contribution in [0.5, 0.6) is 5.75 Å². The minimum absolute atomic E-state index is 0.0151. The summed E-state index contributed by atoms with van der Waals surface area (Å²) >= 11 is 6.43. The zero-order valence-electron chi connectivity index (χ0n) is 15.9. The van der Waals surface area contributed by atoms with E-state index < -0.39 is 6.10 Å². The van der Waals surface area contributed by atoms with Crippen molar-refractivity contribution < 1.29 is 14.6 Å². The van der Waals surface area contributed by atoms with Crippen LogP contribution in [0.3, 0.4) is 0 Å². The molecule has 1 aromatic carbocycles. The van der Waals surface area contributed by atoms with Gasteiger partial charge >= 0.3 is 0 Å². The average molecular weight is 412 g/mol. The van der Waals surface area contributed by atoms with Crippen LogP contribution in [-0.2, 0) is 17.6 Å². The van der Waals surface area contributed by atoms with Gasteiger partial charge in [-0.1, -0.05) is 17.7 Å². The molecule has 7 heteroatoms. The molecule has 0 radical (unpaired) electrons. The zero-order chi connectivity index (χ0) is 20.0. The van der Waals surface area contributed by atoms with Gasteiger partial charge in [0.1, 0.15) is 5.75 Å². The highest BCUT2D eigenvalue weighted by Crippen LogP contribution is 2.44. The van der Waals surface area contributed by atoms with Crippen LogP contribution in [0.2, 0.25) is 5.02 Å². The lowest BCUT2D eigenvalue weighted by Gasteiger charge is -2.29. The largest absolute Gasteiger partial charge is 0.479 e.